The molecule has 1 aliphatic carbocycles. The summed E-state index contributed by atoms with van der Waals surface area (Å²) >= 11 is 6.19. The van der Waals surface area contributed by atoms with Crippen LogP contribution in [0.25, 0.3) is 0 Å². The number of halogens is 1. The van der Waals surface area contributed by atoms with Gasteiger partial charge < -0.3 is 5.73 Å². The second-order valence-electron chi connectivity index (χ2n) is 4.72. The van der Waals surface area contributed by atoms with Gasteiger partial charge in [0.2, 0.25) is 0 Å². The molecule has 1 fully saturated rings. The highest BCUT2D eigenvalue weighted by atomic mass is 35.5. The molecule has 0 unspecified atom stereocenters. The predicted octanol–water partition coefficient (Wildman–Crippen LogP) is 2.12. The van der Waals surface area contributed by atoms with Gasteiger partial charge in [0.15, 0.2) is 9.84 Å². The highest BCUT2D eigenvalue weighted by molar-refractivity contribution is 7.90. The first kappa shape index (κ1) is 12.9. The Hall–Kier alpha value is -0.580. The van der Waals surface area contributed by atoms with Crippen molar-refractivity contribution in [1.29, 1.82) is 0 Å². The Bertz CT molecular complexity index is 530. The minimum Gasteiger partial charge on any atom is -0.330 e. The van der Waals surface area contributed by atoms with Gasteiger partial charge in [-0.3, -0.25) is 0 Å². The maximum Gasteiger partial charge on any atom is 0.175 e. The van der Waals surface area contributed by atoms with E-state index < -0.39 is 9.84 Å². The molecule has 2 rings (SSSR count). The average Bonchev–Trinajstić information content (AvgIpc) is 2.17. The minimum atomic E-state index is -3.27. The number of benzene rings is 1. The molecular weight excluding hydrogens is 258 g/mol. The van der Waals surface area contributed by atoms with Crippen molar-refractivity contribution in [2.45, 2.75) is 29.6 Å². The van der Waals surface area contributed by atoms with Crippen molar-refractivity contribution in [2.75, 3.05) is 12.8 Å². The van der Waals surface area contributed by atoms with E-state index in [2.05, 4.69) is 0 Å². The number of sulfone groups is 1. The Balaban J connectivity index is 2.67. The zero-order valence-corrected chi connectivity index (χ0v) is 11.3. The standard InChI is InChI=1S/C12H16ClNO2S/c1-17(15,16)10-5-2-4-9(13)11(10)12(8-14)6-3-7-12/h2,4-5H,3,6-8,14H2,1H3. The molecule has 1 aromatic carbocycles. The normalized spacial score (nSPS) is 18.8. The van der Waals surface area contributed by atoms with Crippen molar-refractivity contribution in [3.05, 3.63) is 28.8 Å². The van der Waals surface area contributed by atoms with E-state index in [4.69, 9.17) is 17.3 Å². The first-order chi connectivity index (χ1) is 7.91. The van der Waals surface area contributed by atoms with Crippen LogP contribution in [0.4, 0.5) is 0 Å². The van der Waals surface area contributed by atoms with E-state index in [1.807, 2.05) is 0 Å². The number of rotatable bonds is 3. The Morgan fingerprint density at radius 2 is 2.06 bits per heavy atom. The maximum atomic E-state index is 11.8. The number of nitrogens with two attached hydrogens (primary N) is 1. The lowest BCUT2D eigenvalue weighted by Crippen LogP contribution is -2.42. The third-order valence-corrected chi connectivity index (χ3v) is 5.06. The molecule has 1 saturated carbocycles. The van der Waals surface area contributed by atoms with Gasteiger partial charge in [0.25, 0.3) is 0 Å². The van der Waals surface area contributed by atoms with Crippen LogP contribution in [0, 0.1) is 0 Å². The van der Waals surface area contributed by atoms with Crippen LogP contribution in [0.2, 0.25) is 5.02 Å². The van der Waals surface area contributed by atoms with Gasteiger partial charge in [0.1, 0.15) is 0 Å². The molecule has 0 bridgehead atoms. The van der Waals surface area contributed by atoms with E-state index in [1.165, 1.54) is 6.26 Å². The molecule has 3 nitrogen and oxygen atoms in total. The van der Waals surface area contributed by atoms with Crippen molar-refractivity contribution in [1.82, 2.24) is 0 Å². The maximum absolute atomic E-state index is 11.8. The lowest BCUT2D eigenvalue weighted by Gasteiger charge is -2.42. The van der Waals surface area contributed by atoms with Crippen LogP contribution in [0.1, 0.15) is 24.8 Å². The first-order valence-corrected chi connectivity index (χ1v) is 7.87. The number of hydrogen-bond donors (Lipinski definition) is 1. The van der Waals surface area contributed by atoms with Gasteiger partial charge >= 0.3 is 0 Å². The van der Waals surface area contributed by atoms with Crippen molar-refractivity contribution in [3.8, 4) is 0 Å². The van der Waals surface area contributed by atoms with E-state index >= 15 is 0 Å². The quantitative estimate of drug-likeness (QED) is 0.918. The summed E-state index contributed by atoms with van der Waals surface area (Å²) in [5.74, 6) is 0. The summed E-state index contributed by atoms with van der Waals surface area (Å²) < 4.78 is 23.6. The molecule has 1 aliphatic rings. The van der Waals surface area contributed by atoms with Gasteiger partial charge in [-0.25, -0.2) is 8.42 Å². The summed E-state index contributed by atoms with van der Waals surface area (Å²) in [5.41, 5.74) is 6.31. The zero-order valence-electron chi connectivity index (χ0n) is 9.74. The molecule has 0 heterocycles. The number of hydrogen-bond acceptors (Lipinski definition) is 3. The van der Waals surface area contributed by atoms with Gasteiger partial charge in [-0.15, -0.1) is 0 Å². The lowest BCUT2D eigenvalue weighted by atomic mass is 9.64. The molecule has 0 spiro atoms. The van der Waals surface area contributed by atoms with Crippen molar-refractivity contribution >= 4 is 21.4 Å². The zero-order chi connectivity index (χ0) is 12.7. The van der Waals surface area contributed by atoms with Gasteiger partial charge in [-0.1, -0.05) is 24.1 Å². The van der Waals surface area contributed by atoms with Gasteiger partial charge in [0.05, 0.1) is 4.90 Å². The van der Waals surface area contributed by atoms with Crippen LogP contribution in [0.3, 0.4) is 0 Å². The molecule has 17 heavy (non-hydrogen) atoms. The van der Waals surface area contributed by atoms with Crippen LogP contribution in [-0.4, -0.2) is 21.2 Å². The fourth-order valence-corrected chi connectivity index (χ4v) is 3.94. The van der Waals surface area contributed by atoms with E-state index in [-0.39, 0.29) is 5.41 Å². The van der Waals surface area contributed by atoms with E-state index in [9.17, 15) is 8.42 Å². The Morgan fingerprint density at radius 3 is 2.47 bits per heavy atom. The Labute approximate surface area is 107 Å². The van der Waals surface area contributed by atoms with E-state index in [0.717, 1.165) is 24.8 Å². The Kier molecular flexibility index (Phi) is 3.23. The summed E-state index contributed by atoms with van der Waals surface area (Å²) in [6.07, 6.45) is 4.11. The second kappa shape index (κ2) is 4.26. The highest BCUT2D eigenvalue weighted by Gasteiger charge is 2.41. The molecular formula is C12H16ClNO2S. The topological polar surface area (TPSA) is 60.2 Å². The van der Waals surface area contributed by atoms with Crippen LogP contribution in [-0.2, 0) is 15.3 Å². The molecule has 94 valence electrons. The van der Waals surface area contributed by atoms with Crippen molar-refractivity contribution in [3.63, 3.8) is 0 Å². The van der Waals surface area contributed by atoms with Crippen molar-refractivity contribution < 1.29 is 8.42 Å². The van der Waals surface area contributed by atoms with Crippen LogP contribution >= 0.6 is 11.6 Å². The largest absolute Gasteiger partial charge is 0.330 e. The molecule has 0 atom stereocenters. The van der Waals surface area contributed by atoms with Gasteiger partial charge in [0, 0.05) is 23.2 Å². The molecule has 0 aromatic heterocycles. The van der Waals surface area contributed by atoms with Crippen LogP contribution in [0.15, 0.2) is 23.1 Å². The van der Waals surface area contributed by atoms with E-state index in [0.29, 0.717) is 16.5 Å². The average molecular weight is 274 g/mol. The summed E-state index contributed by atoms with van der Waals surface area (Å²) in [6.45, 7) is 0.444. The molecule has 0 saturated heterocycles. The minimum absolute atomic E-state index is 0.239. The summed E-state index contributed by atoms with van der Waals surface area (Å²) in [4.78, 5) is 0.329. The molecule has 0 amide bonds. The monoisotopic (exact) mass is 273 g/mol. The fourth-order valence-electron chi connectivity index (χ4n) is 2.49. The summed E-state index contributed by atoms with van der Waals surface area (Å²) in [6, 6.07) is 5.03. The van der Waals surface area contributed by atoms with Crippen LogP contribution in [0.5, 0.6) is 0 Å². The molecule has 0 radical (unpaired) electrons. The second-order valence-corrected chi connectivity index (χ2v) is 7.11. The summed E-state index contributed by atoms with van der Waals surface area (Å²) in [7, 11) is -3.27. The first-order valence-electron chi connectivity index (χ1n) is 5.60. The third kappa shape index (κ3) is 2.09. The molecule has 2 N–H and O–H groups in total. The van der Waals surface area contributed by atoms with Gasteiger partial charge in [-0.05, 0) is 30.5 Å². The SMILES string of the molecule is CS(=O)(=O)c1cccc(Cl)c1C1(CN)CCC1. The predicted molar refractivity (Wildman–Crippen MR) is 69.1 cm³/mol. The third-order valence-electron chi connectivity index (χ3n) is 3.61. The van der Waals surface area contributed by atoms with Crippen LogP contribution < -0.4 is 5.73 Å². The molecule has 0 aliphatic heterocycles. The Morgan fingerprint density at radius 1 is 1.41 bits per heavy atom. The van der Waals surface area contributed by atoms with E-state index in [1.54, 1.807) is 18.2 Å². The highest BCUT2D eigenvalue weighted by Crippen LogP contribution is 2.47. The van der Waals surface area contributed by atoms with Gasteiger partial charge in [-0.2, -0.15) is 0 Å². The lowest BCUT2D eigenvalue weighted by molar-refractivity contribution is 0.248. The van der Waals surface area contributed by atoms with Crippen molar-refractivity contribution in [2.24, 2.45) is 5.73 Å². The summed E-state index contributed by atoms with van der Waals surface area (Å²) in [5, 5.41) is 0.512. The fraction of sp³-hybridized carbons (Fsp3) is 0.500. The molecule has 1 aromatic rings. The molecule has 5 heteroatoms. The smallest absolute Gasteiger partial charge is 0.175 e.